The fourth-order valence-electron chi connectivity index (χ4n) is 1.26. The maximum atomic E-state index is 11.9. The van der Waals surface area contributed by atoms with Crippen LogP contribution in [0.1, 0.15) is 0 Å². The van der Waals surface area contributed by atoms with Gasteiger partial charge < -0.3 is 5.73 Å². The van der Waals surface area contributed by atoms with Crippen LogP contribution in [0.4, 0.5) is 11.4 Å². The molecule has 0 saturated heterocycles. The van der Waals surface area contributed by atoms with E-state index < -0.39 is 32.8 Å². The molecule has 11 heteroatoms. The van der Waals surface area contributed by atoms with E-state index in [9.17, 15) is 16.8 Å². The van der Waals surface area contributed by atoms with Crippen LogP contribution in [0.25, 0.3) is 0 Å². The quantitative estimate of drug-likeness (QED) is 0.401. The Bertz CT molecular complexity index is 646. The van der Waals surface area contributed by atoms with Crippen LogP contribution >= 0.6 is 0 Å². The maximum Gasteiger partial charge on any atom is 0.397 e. The van der Waals surface area contributed by atoms with Crippen LogP contribution in [-0.2, 0) is 24.6 Å². The number of nitrogen functional groups attached to an aromatic ring is 1. The summed E-state index contributed by atoms with van der Waals surface area (Å²) >= 11 is 0. The number of benzene rings is 1. The van der Waals surface area contributed by atoms with Crippen molar-refractivity contribution in [2.24, 2.45) is 0 Å². The molecular weight excluding hydrogens is 335 g/mol. The van der Waals surface area contributed by atoms with Crippen LogP contribution in [-0.4, -0.2) is 92.2 Å². The van der Waals surface area contributed by atoms with E-state index >= 15 is 0 Å². The van der Waals surface area contributed by atoms with Gasteiger partial charge in [0.05, 0.1) is 18.0 Å². The van der Waals surface area contributed by atoms with Crippen molar-refractivity contribution in [1.29, 1.82) is 0 Å². The van der Waals surface area contributed by atoms with Crippen molar-refractivity contribution in [3.63, 3.8) is 0 Å². The molecule has 20 heavy (non-hydrogen) atoms. The molecule has 0 amide bonds. The Kier molecular flexibility index (Phi) is 8.16. The van der Waals surface area contributed by atoms with Crippen molar-refractivity contribution < 1.29 is 25.6 Å². The van der Waals surface area contributed by atoms with E-state index in [4.69, 9.17) is 10.3 Å². The summed E-state index contributed by atoms with van der Waals surface area (Å²) in [7, 11) is -7.12. The molecule has 0 aromatic heterocycles. The van der Waals surface area contributed by atoms with Crippen molar-refractivity contribution in [3.05, 3.63) is 24.3 Å². The molecule has 0 aliphatic heterocycles. The summed E-state index contributed by atoms with van der Waals surface area (Å²) in [5.41, 5.74) is 6.27. The summed E-state index contributed by atoms with van der Waals surface area (Å²) in [4.78, 5) is 0. The summed E-state index contributed by atoms with van der Waals surface area (Å²) in [5.74, 6) is -0.599. The molecule has 0 atom stereocenters. The zero-order chi connectivity index (χ0) is 14.7. The summed E-state index contributed by atoms with van der Waals surface area (Å²) < 4.78 is 57.6. The minimum Gasteiger partial charge on any atom is -0.399 e. The van der Waals surface area contributed by atoms with Gasteiger partial charge in [0.15, 0.2) is 0 Å². The predicted octanol–water partition coefficient (Wildman–Crippen LogP) is -0.527. The Morgan fingerprint density at radius 3 is 2.40 bits per heavy atom. The Labute approximate surface area is 160 Å². The maximum absolute atomic E-state index is 11.9. The fraction of sp³-hybridized carbons (Fsp3) is 0.333. The van der Waals surface area contributed by atoms with Gasteiger partial charge in [-0.15, -0.1) is 0 Å². The van der Waals surface area contributed by atoms with Gasteiger partial charge in [-0.1, -0.05) is 6.07 Å². The summed E-state index contributed by atoms with van der Waals surface area (Å²) in [6, 6.07) is 6.19. The Morgan fingerprint density at radius 2 is 1.90 bits per heavy atom. The van der Waals surface area contributed by atoms with Crippen LogP contribution in [0.5, 0.6) is 0 Å². The molecule has 0 aliphatic rings. The second-order valence-electron chi connectivity index (χ2n) is 3.63. The second-order valence-corrected chi connectivity index (χ2v) is 6.84. The van der Waals surface area contributed by atoms with Crippen molar-refractivity contribution >= 4 is 83.2 Å². The molecule has 3 N–H and O–H groups in total. The number of nitrogens with zero attached hydrogens (tertiary/aromatic N) is 1. The van der Waals surface area contributed by atoms with Crippen molar-refractivity contribution in [1.82, 2.24) is 0 Å². The van der Waals surface area contributed by atoms with E-state index in [0.29, 0.717) is 11.4 Å². The third-order valence-corrected chi connectivity index (χ3v) is 4.42. The van der Waals surface area contributed by atoms with E-state index in [2.05, 4.69) is 4.18 Å². The zero-order valence-corrected chi connectivity index (χ0v) is 15.8. The second kappa shape index (κ2) is 8.05. The molecule has 8 nitrogen and oxygen atoms in total. The van der Waals surface area contributed by atoms with Gasteiger partial charge in [-0.2, -0.15) is 8.42 Å². The molecule has 0 saturated carbocycles. The first-order chi connectivity index (χ1) is 8.62. The van der Waals surface area contributed by atoms with Gasteiger partial charge >= 0.3 is 10.4 Å². The van der Waals surface area contributed by atoms with Gasteiger partial charge in [0.25, 0.3) is 0 Å². The minimum atomic E-state index is -4.65. The molecule has 0 bridgehead atoms. The number of sulfonamides is 1. The molecule has 0 aliphatic carbocycles. The normalized spacial score (nSPS) is 11.7. The Balaban J connectivity index is 0.00000361. The van der Waals surface area contributed by atoms with Crippen molar-refractivity contribution in [3.8, 4) is 0 Å². The Hall–Kier alpha value is 0.276. The van der Waals surface area contributed by atoms with Gasteiger partial charge in [-0.05, 0) is 18.2 Å². The fourth-order valence-corrected chi connectivity index (χ4v) is 2.66. The molecule has 1 aromatic carbocycles. The Morgan fingerprint density at radius 1 is 1.30 bits per heavy atom. The molecule has 1 radical (unpaired) electrons. The van der Waals surface area contributed by atoms with Gasteiger partial charge in [0.1, 0.15) is 0 Å². The molecule has 0 fully saturated rings. The minimum absolute atomic E-state index is 0. The average Bonchev–Trinajstić information content (AvgIpc) is 2.25. The largest absolute Gasteiger partial charge is 0.399 e. The molecule has 0 spiro atoms. The standard InChI is InChI=1S/C9H14N2O6S2.K/c1-11(9-4-2-3-8(10)7-9)18(12,13)6-5-17-19(14,15)16;/h2-4,7H,5-6,10H2,1H3,(H,14,15,16);. The number of rotatable bonds is 6. The van der Waals surface area contributed by atoms with Crippen molar-refractivity contribution in [2.45, 2.75) is 0 Å². The number of anilines is 2. The molecule has 109 valence electrons. The van der Waals surface area contributed by atoms with Crippen LogP contribution in [0.3, 0.4) is 0 Å². The molecular formula is C9H14KN2O6S2. The number of nitrogens with two attached hydrogens (primary N) is 1. The average molecular weight is 349 g/mol. The zero-order valence-electron chi connectivity index (χ0n) is 11.1. The van der Waals surface area contributed by atoms with Gasteiger partial charge in [-0.3, -0.25) is 8.86 Å². The van der Waals surface area contributed by atoms with E-state index in [1.54, 1.807) is 12.1 Å². The van der Waals surface area contributed by atoms with E-state index in [-0.39, 0.29) is 51.4 Å². The third kappa shape index (κ3) is 6.82. The van der Waals surface area contributed by atoms with Crippen LogP contribution < -0.4 is 10.0 Å². The number of hydrogen-bond acceptors (Lipinski definition) is 6. The van der Waals surface area contributed by atoms with Crippen LogP contribution in [0.15, 0.2) is 24.3 Å². The predicted molar refractivity (Wildman–Crippen MR) is 76.3 cm³/mol. The first-order valence-electron chi connectivity index (χ1n) is 5.06. The van der Waals surface area contributed by atoms with Crippen LogP contribution in [0, 0.1) is 0 Å². The summed E-state index contributed by atoms with van der Waals surface area (Å²) in [6.07, 6.45) is 0. The molecule has 1 rings (SSSR count). The van der Waals surface area contributed by atoms with Gasteiger partial charge in [0, 0.05) is 64.1 Å². The third-order valence-electron chi connectivity index (χ3n) is 2.22. The molecule has 0 unspecified atom stereocenters. The van der Waals surface area contributed by atoms with Crippen molar-refractivity contribution in [2.75, 3.05) is 29.4 Å². The van der Waals surface area contributed by atoms with E-state index in [0.717, 1.165) is 4.31 Å². The summed E-state index contributed by atoms with van der Waals surface area (Å²) in [6.45, 7) is -0.673. The first-order valence-corrected chi connectivity index (χ1v) is 8.03. The van der Waals surface area contributed by atoms with E-state index in [1.807, 2.05) is 0 Å². The smallest absolute Gasteiger partial charge is 0.397 e. The first kappa shape index (κ1) is 20.3. The molecule has 1 aromatic rings. The monoisotopic (exact) mass is 349 g/mol. The van der Waals surface area contributed by atoms with Gasteiger partial charge in [0.2, 0.25) is 10.0 Å². The topological polar surface area (TPSA) is 127 Å². The van der Waals surface area contributed by atoms with Gasteiger partial charge in [-0.25, -0.2) is 12.6 Å². The summed E-state index contributed by atoms with van der Waals surface area (Å²) in [5, 5.41) is 0. The SMILES string of the molecule is CN(c1cccc(N)c1)S(=O)(=O)CCOS(=O)(=O)O.[K]. The number of hydrogen-bond donors (Lipinski definition) is 2. The van der Waals surface area contributed by atoms with Crippen LogP contribution in [0.2, 0.25) is 0 Å². The molecule has 0 heterocycles. The van der Waals surface area contributed by atoms with E-state index in [1.165, 1.54) is 19.2 Å².